The Morgan fingerprint density at radius 3 is 2.43 bits per heavy atom. The van der Waals surface area contributed by atoms with Crippen LogP contribution in [0.1, 0.15) is 31.9 Å². The third-order valence-corrected chi connectivity index (χ3v) is 4.92. The van der Waals surface area contributed by atoms with Crippen LogP contribution in [-0.2, 0) is 9.59 Å². The number of hydrogen-bond donors (Lipinski definition) is 1. The molecule has 154 valence electrons. The molecule has 30 heavy (non-hydrogen) atoms. The van der Waals surface area contributed by atoms with Crippen LogP contribution in [0.25, 0.3) is 0 Å². The number of anilines is 1. The molecule has 0 saturated carbocycles. The largest absolute Gasteiger partial charge is 0.506 e. The number of aryl methyl sites for hydroxylation is 1. The van der Waals surface area contributed by atoms with Crippen LogP contribution in [0.2, 0.25) is 0 Å². The Balaban J connectivity index is 1.81. The second-order valence-corrected chi connectivity index (χ2v) is 8.56. The first-order valence-corrected chi connectivity index (χ1v) is 9.82. The SMILES string of the molecule is Cc1ccc(N2C(=O)C3Oc4ccccc4C3=[N+](CC(=O)NC(C)(C)C)C2=O)cc1. The summed E-state index contributed by atoms with van der Waals surface area (Å²) in [5, 5.41) is 2.87. The van der Waals surface area contributed by atoms with Gasteiger partial charge < -0.3 is 10.1 Å². The highest BCUT2D eigenvalue weighted by molar-refractivity contribution is 6.29. The van der Waals surface area contributed by atoms with Crippen molar-refractivity contribution in [1.29, 1.82) is 0 Å². The zero-order chi connectivity index (χ0) is 21.6. The Morgan fingerprint density at radius 2 is 1.77 bits per heavy atom. The van der Waals surface area contributed by atoms with Gasteiger partial charge in [0.1, 0.15) is 11.4 Å². The van der Waals surface area contributed by atoms with Crippen LogP contribution in [0, 0.1) is 6.92 Å². The van der Waals surface area contributed by atoms with Gasteiger partial charge >= 0.3 is 11.9 Å². The summed E-state index contributed by atoms with van der Waals surface area (Å²) in [5.41, 5.74) is 2.06. The number of carbonyl (C=O) groups excluding carboxylic acids is 3. The number of imide groups is 1. The van der Waals surface area contributed by atoms with Crippen molar-refractivity contribution >= 4 is 29.2 Å². The number of nitrogens with one attached hydrogen (secondary N) is 1. The minimum atomic E-state index is -0.983. The number of hydrogen-bond acceptors (Lipinski definition) is 4. The molecule has 2 aliphatic heterocycles. The molecule has 0 radical (unpaired) electrons. The van der Waals surface area contributed by atoms with Gasteiger partial charge in [0.2, 0.25) is 0 Å². The van der Waals surface area contributed by atoms with Crippen LogP contribution in [0.3, 0.4) is 0 Å². The van der Waals surface area contributed by atoms with Crippen molar-refractivity contribution < 1.29 is 23.7 Å². The van der Waals surface area contributed by atoms with Gasteiger partial charge in [-0.1, -0.05) is 29.8 Å². The Kier molecular flexibility index (Phi) is 4.68. The molecule has 2 aliphatic rings. The quantitative estimate of drug-likeness (QED) is 0.795. The van der Waals surface area contributed by atoms with E-state index in [4.69, 9.17) is 4.74 Å². The Morgan fingerprint density at radius 1 is 1.10 bits per heavy atom. The monoisotopic (exact) mass is 406 g/mol. The smallest absolute Gasteiger partial charge is 0.469 e. The fourth-order valence-electron chi connectivity index (χ4n) is 3.68. The van der Waals surface area contributed by atoms with Gasteiger partial charge in [-0.05, 0) is 52.0 Å². The second kappa shape index (κ2) is 7.09. The molecule has 2 aromatic rings. The summed E-state index contributed by atoms with van der Waals surface area (Å²) in [6.45, 7) is 7.32. The highest BCUT2D eigenvalue weighted by Crippen LogP contribution is 2.33. The molecule has 7 nitrogen and oxygen atoms in total. The number of nitrogens with zero attached hydrogens (tertiary/aromatic N) is 2. The van der Waals surface area contributed by atoms with E-state index in [-0.39, 0.29) is 12.5 Å². The molecule has 0 bridgehead atoms. The summed E-state index contributed by atoms with van der Waals surface area (Å²) in [5.74, 6) is -0.266. The number of ether oxygens (including phenoxy) is 1. The van der Waals surface area contributed by atoms with Gasteiger partial charge in [-0.3, -0.25) is 4.79 Å². The third kappa shape index (κ3) is 3.47. The first kappa shape index (κ1) is 19.8. The highest BCUT2D eigenvalue weighted by atomic mass is 16.5. The van der Waals surface area contributed by atoms with Crippen LogP contribution in [0.4, 0.5) is 10.5 Å². The van der Waals surface area contributed by atoms with Crippen LogP contribution in [-0.4, -0.2) is 46.3 Å². The molecule has 0 aromatic heterocycles. The number of amides is 4. The predicted octanol–water partition coefficient (Wildman–Crippen LogP) is 2.64. The van der Waals surface area contributed by atoms with Crippen LogP contribution in [0.5, 0.6) is 5.75 Å². The van der Waals surface area contributed by atoms with E-state index in [1.807, 2.05) is 45.9 Å². The van der Waals surface area contributed by atoms with E-state index >= 15 is 0 Å². The lowest BCUT2D eigenvalue weighted by Gasteiger charge is -2.25. The lowest BCUT2D eigenvalue weighted by Crippen LogP contribution is -2.59. The summed E-state index contributed by atoms with van der Waals surface area (Å²) in [4.78, 5) is 40.5. The first-order chi connectivity index (χ1) is 14.2. The number of urea groups is 1. The van der Waals surface area contributed by atoms with Gasteiger partial charge in [0.25, 0.3) is 12.0 Å². The second-order valence-electron chi connectivity index (χ2n) is 8.56. The van der Waals surface area contributed by atoms with Gasteiger partial charge in [0.05, 0.1) is 5.56 Å². The van der Waals surface area contributed by atoms with Gasteiger partial charge in [0, 0.05) is 5.54 Å². The van der Waals surface area contributed by atoms with Crippen molar-refractivity contribution in [2.45, 2.75) is 39.3 Å². The van der Waals surface area contributed by atoms with E-state index in [1.54, 1.807) is 30.3 Å². The van der Waals surface area contributed by atoms with E-state index < -0.39 is 23.6 Å². The molecule has 1 atom stereocenters. The lowest BCUT2D eigenvalue weighted by atomic mass is 10.0. The Bertz CT molecular complexity index is 1080. The third-order valence-electron chi connectivity index (χ3n) is 4.92. The van der Waals surface area contributed by atoms with Crippen molar-refractivity contribution in [2.24, 2.45) is 0 Å². The molecule has 7 heteroatoms. The van der Waals surface area contributed by atoms with E-state index in [0.717, 1.165) is 10.5 Å². The average Bonchev–Trinajstić information content (AvgIpc) is 3.05. The number of carbonyl (C=O) groups is 3. The van der Waals surface area contributed by atoms with E-state index in [2.05, 4.69) is 5.32 Å². The van der Waals surface area contributed by atoms with E-state index in [1.165, 1.54) is 4.58 Å². The maximum Gasteiger partial charge on any atom is 0.506 e. The minimum Gasteiger partial charge on any atom is -0.469 e. The molecule has 2 heterocycles. The molecule has 1 N–H and O–H groups in total. The lowest BCUT2D eigenvalue weighted by molar-refractivity contribution is -0.417. The number of para-hydroxylation sites is 1. The van der Waals surface area contributed by atoms with Gasteiger partial charge in [0.15, 0.2) is 12.3 Å². The molecule has 0 saturated heterocycles. The van der Waals surface area contributed by atoms with Crippen molar-refractivity contribution in [3.8, 4) is 5.75 Å². The summed E-state index contributed by atoms with van der Waals surface area (Å²) < 4.78 is 7.25. The fraction of sp³-hybridized carbons (Fsp3) is 0.304. The summed E-state index contributed by atoms with van der Waals surface area (Å²) in [6.07, 6.45) is -0.983. The predicted molar refractivity (Wildman–Crippen MR) is 112 cm³/mol. The normalized spacial score (nSPS) is 18.1. The molecular weight excluding hydrogens is 382 g/mol. The highest BCUT2D eigenvalue weighted by Gasteiger charge is 2.54. The van der Waals surface area contributed by atoms with Crippen molar-refractivity contribution in [2.75, 3.05) is 11.4 Å². The summed E-state index contributed by atoms with van der Waals surface area (Å²) in [7, 11) is 0. The van der Waals surface area contributed by atoms with Crippen molar-refractivity contribution in [3.63, 3.8) is 0 Å². The zero-order valence-corrected chi connectivity index (χ0v) is 17.4. The molecule has 1 unspecified atom stereocenters. The van der Waals surface area contributed by atoms with E-state index in [9.17, 15) is 14.4 Å². The van der Waals surface area contributed by atoms with Crippen LogP contribution in [0.15, 0.2) is 48.5 Å². The standard InChI is InChI=1S/C23H23N3O4/c1-14-9-11-15(12-10-14)26-21(28)20-19(16-7-5-6-8-17(16)30-20)25(22(26)29)13-18(27)24-23(2,3)4/h5-12,20H,13H2,1-4H3/p+1. The minimum absolute atomic E-state index is 0.213. The maximum absolute atomic E-state index is 13.4. The fourth-order valence-corrected chi connectivity index (χ4v) is 3.68. The van der Waals surface area contributed by atoms with Gasteiger partial charge in [-0.15, -0.1) is 4.90 Å². The van der Waals surface area contributed by atoms with Gasteiger partial charge in [-0.2, -0.15) is 9.37 Å². The van der Waals surface area contributed by atoms with Crippen molar-refractivity contribution in [1.82, 2.24) is 5.32 Å². The zero-order valence-electron chi connectivity index (χ0n) is 17.4. The molecule has 0 fully saturated rings. The number of benzene rings is 2. The van der Waals surface area contributed by atoms with E-state index in [0.29, 0.717) is 22.7 Å². The van der Waals surface area contributed by atoms with Crippen LogP contribution < -0.4 is 15.0 Å². The van der Waals surface area contributed by atoms with Crippen LogP contribution >= 0.6 is 0 Å². The molecular formula is C23H24N3O4+. The molecule has 0 aliphatic carbocycles. The molecule has 0 spiro atoms. The maximum atomic E-state index is 13.4. The summed E-state index contributed by atoms with van der Waals surface area (Å²) >= 11 is 0. The van der Waals surface area contributed by atoms with Gasteiger partial charge in [-0.25, -0.2) is 4.79 Å². The number of rotatable bonds is 3. The molecule has 4 amide bonds. The first-order valence-electron chi connectivity index (χ1n) is 9.82. The summed E-state index contributed by atoms with van der Waals surface area (Å²) in [6, 6.07) is 13.7. The Hall–Kier alpha value is -3.48. The average molecular weight is 406 g/mol. The van der Waals surface area contributed by atoms with Crippen molar-refractivity contribution in [3.05, 3.63) is 59.7 Å². The molecule has 2 aromatic carbocycles. The topological polar surface area (TPSA) is 78.7 Å². The molecule has 4 rings (SSSR count). The Labute approximate surface area is 175 Å². The number of fused-ring (bicyclic) bond motifs is 3.